The molecule has 18 heavy (non-hydrogen) atoms. The van der Waals surface area contributed by atoms with E-state index in [2.05, 4.69) is 60.6 Å². The molecule has 2 heteroatoms. The summed E-state index contributed by atoms with van der Waals surface area (Å²) < 4.78 is 0. The van der Waals surface area contributed by atoms with Gasteiger partial charge >= 0.3 is 0 Å². The Morgan fingerprint density at radius 3 is 2.89 bits per heavy atom. The van der Waals surface area contributed by atoms with Gasteiger partial charge in [-0.15, -0.1) is 0 Å². The topological polar surface area (TPSA) is 24.9 Å². The molecule has 1 aromatic heterocycles. The predicted molar refractivity (Wildman–Crippen MR) is 75.4 cm³/mol. The smallest absolute Gasteiger partial charge is 0.134 e. The van der Waals surface area contributed by atoms with E-state index >= 15 is 0 Å². The SMILES string of the molecule is Cc1cccc(C2=CC(C)c3cccnc3N2)c1. The second-order valence-electron chi connectivity index (χ2n) is 4.80. The molecule has 2 aromatic rings. The fourth-order valence-corrected chi connectivity index (χ4v) is 2.38. The molecule has 1 N–H and O–H groups in total. The Morgan fingerprint density at radius 2 is 2.06 bits per heavy atom. The maximum absolute atomic E-state index is 4.42. The lowest BCUT2D eigenvalue weighted by Gasteiger charge is -2.23. The summed E-state index contributed by atoms with van der Waals surface area (Å²) in [4.78, 5) is 4.42. The van der Waals surface area contributed by atoms with Gasteiger partial charge in [-0.2, -0.15) is 0 Å². The van der Waals surface area contributed by atoms with Crippen molar-refractivity contribution in [3.05, 3.63) is 65.4 Å². The molecule has 90 valence electrons. The van der Waals surface area contributed by atoms with Gasteiger partial charge in [0.25, 0.3) is 0 Å². The molecule has 3 rings (SSSR count). The van der Waals surface area contributed by atoms with E-state index in [1.165, 1.54) is 16.7 Å². The minimum Gasteiger partial charge on any atom is -0.340 e. The average Bonchev–Trinajstić information content (AvgIpc) is 2.39. The quantitative estimate of drug-likeness (QED) is 0.810. The van der Waals surface area contributed by atoms with Crippen LogP contribution in [0.3, 0.4) is 0 Å². The van der Waals surface area contributed by atoms with Crippen molar-refractivity contribution >= 4 is 11.5 Å². The summed E-state index contributed by atoms with van der Waals surface area (Å²) in [6, 6.07) is 12.6. The third kappa shape index (κ3) is 1.90. The lowest BCUT2D eigenvalue weighted by molar-refractivity contribution is 0.943. The van der Waals surface area contributed by atoms with Gasteiger partial charge in [-0.1, -0.05) is 42.8 Å². The number of nitrogens with one attached hydrogen (secondary N) is 1. The molecule has 0 fully saturated rings. The molecule has 0 aliphatic carbocycles. The molecule has 1 atom stereocenters. The van der Waals surface area contributed by atoms with E-state index in [9.17, 15) is 0 Å². The lowest BCUT2D eigenvalue weighted by atomic mass is 9.95. The first-order valence-electron chi connectivity index (χ1n) is 6.25. The van der Waals surface area contributed by atoms with E-state index in [-0.39, 0.29) is 0 Å². The zero-order valence-corrected chi connectivity index (χ0v) is 10.6. The van der Waals surface area contributed by atoms with Gasteiger partial charge in [-0.05, 0) is 24.6 Å². The first-order valence-corrected chi connectivity index (χ1v) is 6.25. The highest BCUT2D eigenvalue weighted by Gasteiger charge is 2.17. The fourth-order valence-electron chi connectivity index (χ4n) is 2.38. The number of pyridine rings is 1. The van der Waals surface area contributed by atoms with Crippen molar-refractivity contribution in [2.24, 2.45) is 0 Å². The third-order valence-electron chi connectivity index (χ3n) is 3.33. The van der Waals surface area contributed by atoms with Gasteiger partial charge < -0.3 is 5.32 Å². The Morgan fingerprint density at radius 1 is 1.17 bits per heavy atom. The van der Waals surface area contributed by atoms with Gasteiger partial charge in [0.15, 0.2) is 0 Å². The molecule has 1 aliphatic rings. The highest BCUT2D eigenvalue weighted by atomic mass is 15.0. The Balaban J connectivity index is 2.02. The second-order valence-corrected chi connectivity index (χ2v) is 4.80. The maximum atomic E-state index is 4.42. The molecule has 0 saturated carbocycles. The molecular formula is C16H16N2. The average molecular weight is 236 g/mol. The van der Waals surface area contributed by atoms with E-state index < -0.39 is 0 Å². The Labute approximate surface area is 107 Å². The number of benzene rings is 1. The second kappa shape index (κ2) is 4.30. The van der Waals surface area contributed by atoms with Crippen LogP contribution < -0.4 is 5.32 Å². The third-order valence-corrected chi connectivity index (χ3v) is 3.33. The molecule has 1 unspecified atom stereocenters. The number of anilines is 1. The number of fused-ring (bicyclic) bond motifs is 1. The van der Waals surface area contributed by atoms with Crippen LogP contribution in [0.1, 0.15) is 29.5 Å². The van der Waals surface area contributed by atoms with Gasteiger partial charge in [-0.3, -0.25) is 0 Å². The molecule has 0 bridgehead atoms. The maximum Gasteiger partial charge on any atom is 0.134 e. The highest BCUT2D eigenvalue weighted by Crippen LogP contribution is 2.33. The van der Waals surface area contributed by atoms with Crippen LogP contribution in [0.15, 0.2) is 48.7 Å². The van der Waals surface area contributed by atoms with Crippen molar-refractivity contribution in [1.82, 2.24) is 4.98 Å². The van der Waals surface area contributed by atoms with Crippen molar-refractivity contribution in [3.63, 3.8) is 0 Å². The largest absolute Gasteiger partial charge is 0.340 e. The summed E-state index contributed by atoms with van der Waals surface area (Å²) in [5.74, 6) is 1.37. The highest BCUT2D eigenvalue weighted by molar-refractivity contribution is 5.80. The van der Waals surface area contributed by atoms with Gasteiger partial charge in [0.1, 0.15) is 5.82 Å². The minimum atomic E-state index is 0.394. The first-order chi connectivity index (χ1) is 8.74. The van der Waals surface area contributed by atoms with Crippen LogP contribution in [0.25, 0.3) is 5.70 Å². The standard InChI is InChI=1S/C16H16N2/c1-11-5-3-6-13(9-11)15-10-12(2)14-7-4-8-17-16(14)18-15/h3-10,12H,1-2H3,(H,17,18). The zero-order chi connectivity index (χ0) is 12.5. The summed E-state index contributed by atoms with van der Waals surface area (Å²) in [5, 5.41) is 3.42. The first kappa shape index (κ1) is 11.0. The van der Waals surface area contributed by atoms with Gasteiger partial charge in [0.2, 0.25) is 0 Å². The Hall–Kier alpha value is -2.09. The van der Waals surface area contributed by atoms with Crippen molar-refractivity contribution in [2.75, 3.05) is 5.32 Å². The predicted octanol–water partition coefficient (Wildman–Crippen LogP) is 3.96. The van der Waals surface area contributed by atoms with Crippen LogP contribution in [0, 0.1) is 6.92 Å². The molecule has 0 radical (unpaired) electrons. The van der Waals surface area contributed by atoms with Crippen LogP contribution in [-0.4, -0.2) is 4.98 Å². The van der Waals surface area contributed by atoms with Crippen LogP contribution in [-0.2, 0) is 0 Å². The molecule has 0 spiro atoms. The van der Waals surface area contributed by atoms with E-state index in [0.29, 0.717) is 5.92 Å². The number of rotatable bonds is 1. The number of nitrogens with zero attached hydrogens (tertiary/aromatic N) is 1. The van der Waals surface area contributed by atoms with Crippen molar-refractivity contribution in [2.45, 2.75) is 19.8 Å². The van der Waals surface area contributed by atoms with Crippen LogP contribution in [0.4, 0.5) is 5.82 Å². The molecular weight excluding hydrogens is 220 g/mol. The van der Waals surface area contributed by atoms with Crippen LogP contribution >= 0.6 is 0 Å². The molecule has 1 aliphatic heterocycles. The van der Waals surface area contributed by atoms with Crippen molar-refractivity contribution in [1.29, 1.82) is 0 Å². The summed E-state index contributed by atoms with van der Waals surface area (Å²) >= 11 is 0. The summed E-state index contributed by atoms with van der Waals surface area (Å²) in [6.45, 7) is 4.32. The fraction of sp³-hybridized carbons (Fsp3) is 0.188. The Bertz CT molecular complexity index is 614. The minimum absolute atomic E-state index is 0.394. The van der Waals surface area contributed by atoms with Gasteiger partial charge in [0, 0.05) is 23.4 Å². The van der Waals surface area contributed by atoms with Gasteiger partial charge in [-0.25, -0.2) is 4.98 Å². The van der Waals surface area contributed by atoms with E-state index in [1.807, 2.05) is 12.3 Å². The number of aryl methyl sites for hydroxylation is 1. The number of allylic oxidation sites excluding steroid dienone is 1. The summed E-state index contributed by atoms with van der Waals surface area (Å²) in [6.07, 6.45) is 4.09. The van der Waals surface area contributed by atoms with Crippen LogP contribution in [0.5, 0.6) is 0 Å². The molecule has 2 nitrogen and oxygen atoms in total. The number of hydrogen-bond donors (Lipinski definition) is 1. The van der Waals surface area contributed by atoms with E-state index in [0.717, 1.165) is 11.5 Å². The Kier molecular flexibility index (Phi) is 2.63. The molecule has 1 aromatic carbocycles. The van der Waals surface area contributed by atoms with Crippen molar-refractivity contribution < 1.29 is 0 Å². The normalized spacial score (nSPS) is 17.7. The van der Waals surface area contributed by atoms with E-state index in [1.54, 1.807) is 0 Å². The zero-order valence-electron chi connectivity index (χ0n) is 10.6. The van der Waals surface area contributed by atoms with E-state index in [4.69, 9.17) is 0 Å². The van der Waals surface area contributed by atoms with Gasteiger partial charge in [0.05, 0.1) is 0 Å². The molecule has 0 amide bonds. The monoisotopic (exact) mass is 236 g/mol. The van der Waals surface area contributed by atoms with Crippen molar-refractivity contribution in [3.8, 4) is 0 Å². The summed E-state index contributed by atoms with van der Waals surface area (Å²) in [5.41, 5.74) is 4.90. The number of hydrogen-bond acceptors (Lipinski definition) is 2. The number of aromatic nitrogens is 1. The van der Waals surface area contributed by atoms with Crippen LogP contribution in [0.2, 0.25) is 0 Å². The lowest BCUT2D eigenvalue weighted by Crippen LogP contribution is -2.11. The molecule has 0 saturated heterocycles. The molecule has 2 heterocycles. The summed E-state index contributed by atoms with van der Waals surface area (Å²) in [7, 11) is 0.